The Balaban J connectivity index is 1.17. The van der Waals surface area contributed by atoms with E-state index >= 15 is 0 Å². The number of carbonyl (C=O) groups is 4. The Hall–Kier alpha value is -6.89. The molecular weight excluding hydrogens is 726 g/mol. The molecule has 0 aliphatic carbocycles. The highest BCUT2D eigenvalue weighted by atomic mass is 19.1. The summed E-state index contributed by atoms with van der Waals surface area (Å²) in [6.45, 7) is 7.46. The van der Waals surface area contributed by atoms with Crippen LogP contribution in [0.2, 0.25) is 0 Å². The molecule has 1 N–H and O–H groups in total. The van der Waals surface area contributed by atoms with E-state index in [1.165, 1.54) is 0 Å². The van der Waals surface area contributed by atoms with E-state index in [0.717, 1.165) is 34.8 Å². The lowest BCUT2D eigenvalue weighted by Gasteiger charge is -2.37. The first-order chi connectivity index (χ1) is 27.4. The van der Waals surface area contributed by atoms with Crippen molar-refractivity contribution in [2.75, 3.05) is 41.3 Å². The molecule has 1 atom stereocenters. The highest BCUT2D eigenvalue weighted by molar-refractivity contribution is 6.47. The van der Waals surface area contributed by atoms with Crippen LogP contribution in [0.5, 0.6) is 0 Å². The standard InChI is InChI=1S/C44H42FN7O5/c1-27-26-49(4)39(37(27)31-14-10-7-11-15-31)41(54)43(56)57-29(3)34-23-33(16-17-36(34)51-18-20-52(21-19-51)44-46-24-32(45)25-47-44)48-42(55)40(53)38-35(22-28(2)50(38)5)30-12-8-6-9-13-30/h6-17,22-26,29H,18-21H2,1-5H3,(H,48,55). The third-order valence-electron chi connectivity index (χ3n) is 10.3. The number of aromatic nitrogens is 4. The maximum absolute atomic E-state index is 13.9. The summed E-state index contributed by atoms with van der Waals surface area (Å²) in [4.78, 5) is 67.3. The largest absolute Gasteiger partial charge is 0.452 e. The summed E-state index contributed by atoms with van der Waals surface area (Å²) >= 11 is 0. The van der Waals surface area contributed by atoms with E-state index in [2.05, 4.69) is 20.2 Å². The molecule has 3 aromatic heterocycles. The SMILES string of the molecule is Cc1cn(C)c(C(=O)C(=O)OC(C)c2cc(NC(=O)C(=O)c3c(-c4ccccc4)cc(C)n3C)ccc2N2CCN(c3ncc(F)cn3)CC2)c1-c1ccccc1. The van der Waals surface area contributed by atoms with E-state index in [-0.39, 0.29) is 11.4 Å². The van der Waals surface area contributed by atoms with Crippen molar-refractivity contribution in [3.8, 4) is 22.3 Å². The summed E-state index contributed by atoms with van der Waals surface area (Å²) in [5.41, 5.74) is 6.53. The number of benzene rings is 3. The maximum atomic E-state index is 13.9. The van der Waals surface area contributed by atoms with E-state index in [1.54, 1.807) is 54.5 Å². The smallest absolute Gasteiger partial charge is 0.381 e. The van der Waals surface area contributed by atoms with Crippen molar-refractivity contribution in [3.05, 3.63) is 138 Å². The average Bonchev–Trinajstić information content (AvgIpc) is 3.70. The van der Waals surface area contributed by atoms with Crippen LogP contribution in [0.1, 0.15) is 50.8 Å². The van der Waals surface area contributed by atoms with Crippen molar-refractivity contribution in [2.24, 2.45) is 14.1 Å². The minimum Gasteiger partial charge on any atom is -0.452 e. The zero-order valence-corrected chi connectivity index (χ0v) is 32.3. The maximum Gasteiger partial charge on any atom is 0.381 e. The van der Waals surface area contributed by atoms with Gasteiger partial charge < -0.3 is 29.0 Å². The van der Waals surface area contributed by atoms with Crippen LogP contribution in [-0.4, -0.2) is 68.7 Å². The molecule has 0 bridgehead atoms. The number of anilines is 3. The van der Waals surface area contributed by atoms with Crippen molar-refractivity contribution in [1.29, 1.82) is 0 Å². The number of Topliss-reactive ketones (excluding diaryl/α,β-unsaturated/α-hetero) is 2. The van der Waals surface area contributed by atoms with E-state index in [9.17, 15) is 23.6 Å². The number of ketones is 2. The van der Waals surface area contributed by atoms with Gasteiger partial charge in [-0.2, -0.15) is 0 Å². The molecule has 0 radical (unpaired) electrons. The number of rotatable bonds is 11. The number of amides is 1. The van der Waals surface area contributed by atoms with Gasteiger partial charge in [0, 0.05) is 80.2 Å². The van der Waals surface area contributed by atoms with E-state index in [0.29, 0.717) is 60.2 Å². The molecule has 1 amide bonds. The number of hydrogen-bond donors (Lipinski definition) is 1. The lowest BCUT2D eigenvalue weighted by Crippen LogP contribution is -2.47. The Morgan fingerprint density at radius 3 is 2.04 bits per heavy atom. The molecule has 1 saturated heterocycles. The molecule has 12 nitrogen and oxygen atoms in total. The number of ether oxygens (including phenoxy) is 1. The number of aryl methyl sites for hydroxylation is 3. The minimum absolute atomic E-state index is 0.209. The van der Waals surface area contributed by atoms with Crippen LogP contribution in [0.4, 0.5) is 21.7 Å². The van der Waals surface area contributed by atoms with Crippen LogP contribution in [-0.2, 0) is 28.4 Å². The Morgan fingerprint density at radius 1 is 0.772 bits per heavy atom. The lowest BCUT2D eigenvalue weighted by atomic mass is 10.0. The number of halogens is 1. The van der Waals surface area contributed by atoms with Gasteiger partial charge in [-0.25, -0.2) is 19.2 Å². The molecule has 1 fully saturated rings. The number of carbonyl (C=O) groups excluding carboxylic acids is 4. The minimum atomic E-state index is -1.04. The first-order valence-corrected chi connectivity index (χ1v) is 18.6. The van der Waals surface area contributed by atoms with Crippen molar-refractivity contribution < 1.29 is 28.3 Å². The monoisotopic (exact) mass is 767 g/mol. The molecule has 0 saturated carbocycles. The molecular formula is C44H42FN7O5. The molecule has 1 aliphatic rings. The van der Waals surface area contributed by atoms with Gasteiger partial charge in [-0.1, -0.05) is 60.7 Å². The summed E-state index contributed by atoms with van der Waals surface area (Å²) in [5, 5.41) is 2.77. The number of piperazine rings is 1. The van der Waals surface area contributed by atoms with Gasteiger partial charge in [0.25, 0.3) is 17.5 Å². The fourth-order valence-electron chi connectivity index (χ4n) is 7.40. The average molecular weight is 768 g/mol. The molecule has 13 heteroatoms. The predicted octanol–water partition coefficient (Wildman–Crippen LogP) is 6.88. The molecule has 6 aromatic rings. The molecule has 0 spiro atoms. The summed E-state index contributed by atoms with van der Waals surface area (Å²) in [6, 6.07) is 25.8. The first kappa shape index (κ1) is 38.4. The first-order valence-electron chi connectivity index (χ1n) is 18.6. The number of hydrogen-bond acceptors (Lipinski definition) is 9. The molecule has 57 heavy (non-hydrogen) atoms. The normalized spacial score (nSPS) is 13.3. The van der Waals surface area contributed by atoms with Crippen LogP contribution in [0.25, 0.3) is 22.3 Å². The third kappa shape index (κ3) is 7.81. The number of nitrogens with one attached hydrogen (secondary N) is 1. The Morgan fingerprint density at radius 2 is 1.39 bits per heavy atom. The second-order valence-corrected chi connectivity index (χ2v) is 14.1. The van der Waals surface area contributed by atoms with Crippen molar-refractivity contribution in [1.82, 2.24) is 19.1 Å². The molecule has 1 unspecified atom stereocenters. The van der Waals surface area contributed by atoms with Crippen LogP contribution < -0.4 is 15.1 Å². The molecule has 290 valence electrons. The molecule has 1 aliphatic heterocycles. The Labute approximate surface area is 329 Å². The van der Waals surface area contributed by atoms with Gasteiger partial charge in [0.1, 0.15) is 17.5 Å². The highest BCUT2D eigenvalue weighted by Gasteiger charge is 2.31. The van der Waals surface area contributed by atoms with Crippen molar-refractivity contribution >= 4 is 40.8 Å². The Bertz CT molecular complexity index is 2470. The van der Waals surface area contributed by atoms with Gasteiger partial charge in [-0.15, -0.1) is 0 Å². The van der Waals surface area contributed by atoms with Crippen LogP contribution >= 0.6 is 0 Å². The third-order valence-corrected chi connectivity index (χ3v) is 10.3. The van der Waals surface area contributed by atoms with E-state index in [1.807, 2.05) is 85.5 Å². The van der Waals surface area contributed by atoms with Gasteiger partial charge in [0.05, 0.1) is 12.4 Å². The fraction of sp³-hybridized carbons (Fsp3) is 0.227. The van der Waals surface area contributed by atoms with Crippen LogP contribution in [0.15, 0.2) is 104 Å². The molecule has 7 rings (SSSR count). The molecule has 3 aromatic carbocycles. The lowest BCUT2D eigenvalue weighted by molar-refractivity contribution is -0.142. The number of esters is 1. The predicted molar refractivity (Wildman–Crippen MR) is 216 cm³/mol. The summed E-state index contributed by atoms with van der Waals surface area (Å²) in [5.74, 6) is -3.50. The summed E-state index contributed by atoms with van der Waals surface area (Å²) < 4.78 is 22.8. The van der Waals surface area contributed by atoms with Gasteiger partial charge in [0.15, 0.2) is 5.82 Å². The van der Waals surface area contributed by atoms with Gasteiger partial charge in [-0.3, -0.25) is 14.4 Å². The second kappa shape index (κ2) is 16.1. The van der Waals surface area contributed by atoms with Crippen molar-refractivity contribution in [2.45, 2.75) is 26.9 Å². The number of nitrogens with zero attached hydrogens (tertiary/aromatic N) is 6. The van der Waals surface area contributed by atoms with Gasteiger partial charge in [0.2, 0.25) is 5.95 Å². The zero-order chi connectivity index (χ0) is 40.4. The fourth-order valence-corrected chi connectivity index (χ4v) is 7.40. The van der Waals surface area contributed by atoms with Crippen LogP contribution in [0.3, 0.4) is 0 Å². The Kier molecular flexibility index (Phi) is 10.8. The van der Waals surface area contributed by atoms with Crippen LogP contribution in [0, 0.1) is 19.7 Å². The van der Waals surface area contributed by atoms with Crippen molar-refractivity contribution in [3.63, 3.8) is 0 Å². The highest BCUT2D eigenvalue weighted by Crippen LogP contribution is 2.35. The van der Waals surface area contributed by atoms with E-state index < -0.39 is 35.4 Å². The van der Waals surface area contributed by atoms with Gasteiger partial charge in [-0.05, 0) is 61.7 Å². The topological polar surface area (TPSA) is 132 Å². The zero-order valence-electron chi connectivity index (χ0n) is 32.3. The quantitative estimate of drug-likeness (QED) is 0.0852. The van der Waals surface area contributed by atoms with Gasteiger partial charge >= 0.3 is 5.97 Å². The summed E-state index contributed by atoms with van der Waals surface area (Å²) in [6.07, 6.45) is 3.10. The second-order valence-electron chi connectivity index (χ2n) is 14.1. The summed E-state index contributed by atoms with van der Waals surface area (Å²) in [7, 11) is 3.46. The van der Waals surface area contributed by atoms with E-state index in [4.69, 9.17) is 4.74 Å². The molecule has 4 heterocycles.